The van der Waals surface area contributed by atoms with Gasteiger partial charge in [-0.1, -0.05) is 0 Å². The zero-order chi connectivity index (χ0) is 21.1. The van der Waals surface area contributed by atoms with Gasteiger partial charge >= 0.3 is 0 Å². The molecule has 5 nitrogen and oxygen atoms in total. The summed E-state index contributed by atoms with van der Waals surface area (Å²) < 4.78 is 36.8. The molecule has 3 aromatic rings. The number of hydrogen-bond acceptors (Lipinski definition) is 5. The Morgan fingerprint density at radius 3 is 2.55 bits per heavy atom. The number of ether oxygens (including phenoxy) is 1. The van der Waals surface area contributed by atoms with E-state index >= 15 is 0 Å². The van der Waals surface area contributed by atoms with E-state index in [0.29, 0.717) is 10.6 Å². The van der Waals surface area contributed by atoms with Crippen molar-refractivity contribution in [1.82, 2.24) is 4.98 Å². The van der Waals surface area contributed by atoms with Crippen LogP contribution < -0.4 is 9.46 Å². The molecule has 0 saturated heterocycles. The standard InChI is InChI=1S/C22H26N2O3S2/c1-12-13(2)21(14(3)17-9-10-22(5,6)27-20(12)17)29(25,26)24-16-7-8-19-18(11-16)23-15(4)28-19/h7-8,11,24H,9-10H2,1-6H3. The predicted molar refractivity (Wildman–Crippen MR) is 119 cm³/mol. The zero-order valence-corrected chi connectivity index (χ0v) is 19.3. The summed E-state index contributed by atoms with van der Waals surface area (Å²) in [7, 11) is -3.75. The fourth-order valence-corrected chi connectivity index (χ4v) is 6.49. The summed E-state index contributed by atoms with van der Waals surface area (Å²) in [6.45, 7) is 11.8. The van der Waals surface area contributed by atoms with Crippen molar-refractivity contribution in [2.24, 2.45) is 0 Å². The van der Waals surface area contributed by atoms with Crippen LogP contribution in [0.4, 0.5) is 5.69 Å². The number of hydrogen-bond donors (Lipinski definition) is 1. The van der Waals surface area contributed by atoms with E-state index in [4.69, 9.17) is 4.74 Å². The Hall–Kier alpha value is -2.12. The van der Waals surface area contributed by atoms with E-state index in [0.717, 1.165) is 56.1 Å². The second-order valence-corrected chi connectivity index (χ2v) is 11.2. The van der Waals surface area contributed by atoms with E-state index in [2.05, 4.69) is 23.6 Å². The zero-order valence-electron chi connectivity index (χ0n) is 17.6. The summed E-state index contributed by atoms with van der Waals surface area (Å²) >= 11 is 1.60. The molecule has 0 fully saturated rings. The molecule has 0 unspecified atom stereocenters. The third kappa shape index (κ3) is 3.51. The maximum absolute atomic E-state index is 13.4. The van der Waals surface area contributed by atoms with Crippen LogP contribution in [0.1, 0.15) is 47.5 Å². The van der Waals surface area contributed by atoms with Gasteiger partial charge in [-0.25, -0.2) is 13.4 Å². The average Bonchev–Trinajstić information content (AvgIpc) is 2.97. The van der Waals surface area contributed by atoms with Gasteiger partial charge in [-0.05, 0) is 94.8 Å². The molecule has 0 bridgehead atoms. The Balaban J connectivity index is 1.79. The average molecular weight is 431 g/mol. The molecule has 1 aliphatic rings. The van der Waals surface area contributed by atoms with Crippen molar-refractivity contribution >= 4 is 37.3 Å². The van der Waals surface area contributed by atoms with Gasteiger partial charge in [0, 0.05) is 0 Å². The van der Waals surface area contributed by atoms with Gasteiger partial charge in [0.15, 0.2) is 0 Å². The molecule has 0 aliphatic carbocycles. The lowest BCUT2D eigenvalue weighted by Crippen LogP contribution is -2.34. The van der Waals surface area contributed by atoms with Crippen LogP contribution >= 0.6 is 11.3 Å². The van der Waals surface area contributed by atoms with Crippen molar-refractivity contribution in [2.75, 3.05) is 4.72 Å². The number of thiazole rings is 1. The van der Waals surface area contributed by atoms with Crippen molar-refractivity contribution in [3.63, 3.8) is 0 Å². The van der Waals surface area contributed by atoms with Crippen LogP contribution in [0, 0.1) is 27.7 Å². The topological polar surface area (TPSA) is 68.3 Å². The number of fused-ring (bicyclic) bond motifs is 2. The maximum Gasteiger partial charge on any atom is 0.262 e. The third-order valence-electron chi connectivity index (χ3n) is 5.68. The first-order valence-corrected chi connectivity index (χ1v) is 12.0. The highest BCUT2D eigenvalue weighted by Crippen LogP contribution is 2.42. The Kier molecular flexibility index (Phi) is 4.66. The highest BCUT2D eigenvalue weighted by atomic mass is 32.2. The second kappa shape index (κ2) is 6.71. The minimum atomic E-state index is -3.75. The molecule has 2 aromatic carbocycles. The number of sulfonamides is 1. The number of aryl methyl sites for hydroxylation is 1. The van der Waals surface area contributed by atoms with E-state index in [1.807, 2.05) is 33.8 Å². The van der Waals surface area contributed by atoms with Gasteiger partial charge in [0.05, 0.1) is 25.8 Å². The molecule has 1 N–H and O–H groups in total. The van der Waals surface area contributed by atoms with E-state index < -0.39 is 10.0 Å². The maximum atomic E-state index is 13.4. The van der Waals surface area contributed by atoms with E-state index in [1.54, 1.807) is 23.5 Å². The fraction of sp³-hybridized carbons (Fsp3) is 0.409. The van der Waals surface area contributed by atoms with Gasteiger partial charge < -0.3 is 4.74 Å². The van der Waals surface area contributed by atoms with Crippen molar-refractivity contribution in [3.8, 4) is 5.75 Å². The van der Waals surface area contributed by atoms with E-state index in [1.165, 1.54) is 0 Å². The summed E-state index contributed by atoms with van der Waals surface area (Å²) in [5.74, 6) is 0.842. The normalized spacial score (nSPS) is 15.8. The Morgan fingerprint density at radius 1 is 1.10 bits per heavy atom. The first kappa shape index (κ1) is 20.2. The quantitative estimate of drug-likeness (QED) is 0.601. The van der Waals surface area contributed by atoms with Gasteiger partial charge in [0.25, 0.3) is 10.0 Å². The number of rotatable bonds is 3. The highest BCUT2D eigenvalue weighted by molar-refractivity contribution is 7.92. The van der Waals surface area contributed by atoms with Gasteiger partial charge in [0.1, 0.15) is 11.4 Å². The summed E-state index contributed by atoms with van der Waals surface area (Å²) in [6.07, 6.45) is 1.66. The molecule has 0 spiro atoms. The lowest BCUT2D eigenvalue weighted by molar-refractivity contribution is 0.0832. The second-order valence-electron chi connectivity index (χ2n) is 8.39. The molecule has 0 amide bonds. The minimum Gasteiger partial charge on any atom is -0.487 e. The van der Waals surface area contributed by atoms with Crippen LogP contribution in [0.15, 0.2) is 23.1 Å². The van der Waals surface area contributed by atoms with E-state index in [9.17, 15) is 8.42 Å². The van der Waals surface area contributed by atoms with Gasteiger partial charge in [-0.15, -0.1) is 11.3 Å². The number of anilines is 1. The first-order valence-electron chi connectivity index (χ1n) is 9.70. The highest BCUT2D eigenvalue weighted by Gasteiger charge is 2.33. The van der Waals surface area contributed by atoms with Crippen LogP contribution in [-0.4, -0.2) is 19.0 Å². The van der Waals surface area contributed by atoms with Crippen LogP contribution in [0.25, 0.3) is 10.2 Å². The molecule has 7 heteroatoms. The summed E-state index contributed by atoms with van der Waals surface area (Å²) in [5, 5.41) is 0.958. The third-order valence-corrected chi connectivity index (χ3v) is 8.29. The largest absolute Gasteiger partial charge is 0.487 e. The first-order chi connectivity index (χ1) is 13.5. The Bertz CT molecular complexity index is 1240. The SMILES string of the molecule is Cc1nc2cc(NS(=O)(=O)c3c(C)c(C)c4c(c3C)CCC(C)(C)O4)ccc2s1. The molecule has 0 radical (unpaired) electrons. The van der Waals surface area contributed by atoms with Gasteiger partial charge in [0.2, 0.25) is 0 Å². The molecule has 154 valence electrons. The number of nitrogens with one attached hydrogen (secondary N) is 1. The number of nitrogens with zero attached hydrogens (tertiary/aromatic N) is 1. The lowest BCUT2D eigenvalue weighted by Gasteiger charge is -2.35. The number of aromatic nitrogens is 1. The van der Waals surface area contributed by atoms with Crippen LogP contribution in [0.5, 0.6) is 5.75 Å². The van der Waals surface area contributed by atoms with Crippen molar-refractivity contribution in [2.45, 2.75) is 64.9 Å². The van der Waals surface area contributed by atoms with Crippen molar-refractivity contribution in [1.29, 1.82) is 0 Å². The van der Waals surface area contributed by atoms with Gasteiger partial charge in [-0.2, -0.15) is 0 Å². The molecule has 0 saturated carbocycles. The molecule has 2 heterocycles. The monoisotopic (exact) mass is 430 g/mol. The Morgan fingerprint density at radius 2 is 1.83 bits per heavy atom. The fourth-order valence-electron chi connectivity index (χ4n) is 4.06. The predicted octanol–water partition coefficient (Wildman–Crippen LogP) is 5.43. The Labute approximate surface area is 176 Å². The minimum absolute atomic E-state index is 0.240. The molecule has 0 atom stereocenters. The number of benzene rings is 2. The summed E-state index contributed by atoms with van der Waals surface area (Å²) in [6, 6.07) is 5.49. The molecular weight excluding hydrogens is 404 g/mol. The van der Waals surface area contributed by atoms with Crippen molar-refractivity contribution in [3.05, 3.63) is 45.5 Å². The molecule has 1 aromatic heterocycles. The lowest BCUT2D eigenvalue weighted by atomic mass is 9.88. The molecule has 4 rings (SSSR count). The van der Waals surface area contributed by atoms with E-state index in [-0.39, 0.29) is 5.60 Å². The molecule has 1 aliphatic heterocycles. The van der Waals surface area contributed by atoms with Crippen LogP contribution in [0.2, 0.25) is 0 Å². The molecule has 29 heavy (non-hydrogen) atoms. The van der Waals surface area contributed by atoms with Crippen molar-refractivity contribution < 1.29 is 13.2 Å². The summed E-state index contributed by atoms with van der Waals surface area (Å²) in [4.78, 5) is 4.82. The van der Waals surface area contributed by atoms with Crippen LogP contribution in [-0.2, 0) is 16.4 Å². The smallest absolute Gasteiger partial charge is 0.262 e. The van der Waals surface area contributed by atoms with Crippen LogP contribution in [0.3, 0.4) is 0 Å². The van der Waals surface area contributed by atoms with Gasteiger partial charge in [-0.3, -0.25) is 4.72 Å². The molecular formula is C22H26N2O3S2. The summed E-state index contributed by atoms with van der Waals surface area (Å²) in [5.41, 5.74) is 4.49.